The van der Waals surface area contributed by atoms with Crippen LogP contribution in [0, 0.1) is 11.8 Å². The maximum atomic E-state index is 11.7. The Morgan fingerprint density at radius 3 is 2.53 bits per heavy atom. The number of rotatable bonds is 5. The summed E-state index contributed by atoms with van der Waals surface area (Å²) in [6.45, 7) is 4.95. The molecule has 1 N–H and O–H groups in total. The predicted molar refractivity (Wildman–Crippen MR) is 64.1 cm³/mol. The zero-order chi connectivity index (χ0) is 11.3. The lowest BCUT2D eigenvalue weighted by Gasteiger charge is -2.15. The van der Waals surface area contributed by atoms with E-state index < -0.39 is 0 Å². The average molecular weight is 232 g/mol. The van der Waals surface area contributed by atoms with E-state index in [2.05, 4.69) is 19.2 Å². The van der Waals surface area contributed by atoms with Crippen LogP contribution in [0.25, 0.3) is 0 Å². The summed E-state index contributed by atoms with van der Waals surface area (Å²) >= 11 is 6.03. The highest BCUT2D eigenvalue weighted by Crippen LogP contribution is 2.28. The second kappa shape index (κ2) is 6.37. The third kappa shape index (κ3) is 4.02. The van der Waals surface area contributed by atoms with Crippen LogP contribution in [-0.4, -0.2) is 17.8 Å². The van der Waals surface area contributed by atoms with Gasteiger partial charge in [0.1, 0.15) is 0 Å². The van der Waals surface area contributed by atoms with E-state index in [1.54, 1.807) is 0 Å². The maximum absolute atomic E-state index is 11.7. The van der Waals surface area contributed by atoms with E-state index in [0.717, 1.165) is 38.6 Å². The van der Waals surface area contributed by atoms with Gasteiger partial charge in [0.25, 0.3) is 0 Å². The lowest BCUT2D eigenvalue weighted by atomic mass is 10.0. The summed E-state index contributed by atoms with van der Waals surface area (Å²) in [5.41, 5.74) is 0. The summed E-state index contributed by atoms with van der Waals surface area (Å²) in [6, 6.07) is 0. The zero-order valence-electron chi connectivity index (χ0n) is 9.76. The summed E-state index contributed by atoms with van der Waals surface area (Å²) < 4.78 is 0. The molecular formula is C12H22ClNO. The fraction of sp³-hybridized carbons (Fsp3) is 0.917. The third-order valence-corrected chi connectivity index (χ3v) is 3.79. The SMILES string of the molecule is CCC(CC)C(=O)NCC1CCC(Cl)C1. The van der Waals surface area contributed by atoms with Crippen molar-refractivity contribution in [2.45, 2.75) is 51.3 Å². The van der Waals surface area contributed by atoms with Gasteiger partial charge in [-0.2, -0.15) is 0 Å². The molecule has 15 heavy (non-hydrogen) atoms. The molecule has 0 bridgehead atoms. The Kier molecular flexibility index (Phi) is 5.44. The summed E-state index contributed by atoms with van der Waals surface area (Å²) in [5, 5.41) is 3.38. The molecule has 0 heterocycles. The first-order valence-corrected chi connectivity index (χ1v) is 6.52. The third-order valence-electron chi connectivity index (χ3n) is 3.40. The molecule has 2 unspecified atom stereocenters. The fourth-order valence-electron chi connectivity index (χ4n) is 2.25. The molecule has 2 nitrogen and oxygen atoms in total. The molecule has 2 atom stereocenters. The standard InChI is InChI=1S/C12H22ClNO/c1-3-10(4-2)12(15)14-8-9-5-6-11(13)7-9/h9-11H,3-8H2,1-2H3,(H,14,15). The molecular weight excluding hydrogens is 210 g/mol. The Bertz CT molecular complexity index is 204. The smallest absolute Gasteiger partial charge is 0.223 e. The predicted octanol–water partition coefficient (Wildman–Crippen LogP) is 2.95. The van der Waals surface area contributed by atoms with Gasteiger partial charge in [-0.05, 0) is 38.0 Å². The second-order valence-electron chi connectivity index (χ2n) is 4.53. The quantitative estimate of drug-likeness (QED) is 0.725. The number of carbonyl (C=O) groups excluding carboxylic acids is 1. The average Bonchev–Trinajstić information content (AvgIpc) is 2.63. The monoisotopic (exact) mass is 231 g/mol. The van der Waals surface area contributed by atoms with Crippen molar-refractivity contribution in [3.8, 4) is 0 Å². The van der Waals surface area contributed by atoms with Gasteiger partial charge in [-0.25, -0.2) is 0 Å². The van der Waals surface area contributed by atoms with Gasteiger partial charge in [-0.1, -0.05) is 13.8 Å². The molecule has 0 aromatic heterocycles. The lowest BCUT2D eigenvalue weighted by Crippen LogP contribution is -2.33. The highest BCUT2D eigenvalue weighted by Gasteiger charge is 2.23. The summed E-state index contributed by atoms with van der Waals surface area (Å²) in [7, 11) is 0. The van der Waals surface area contributed by atoms with E-state index in [9.17, 15) is 4.79 Å². The molecule has 1 amide bonds. The van der Waals surface area contributed by atoms with Gasteiger partial charge < -0.3 is 5.32 Å². The largest absolute Gasteiger partial charge is 0.356 e. The van der Waals surface area contributed by atoms with Crippen LogP contribution >= 0.6 is 11.6 Å². The van der Waals surface area contributed by atoms with Crippen LogP contribution in [0.5, 0.6) is 0 Å². The van der Waals surface area contributed by atoms with Crippen molar-refractivity contribution < 1.29 is 4.79 Å². The zero-order valence-corrected chi connectivity index (χ0v) is 10.5. The van der Waals surface area contributed by atoms with Crippen molar-refractivity contribution in [2.75, 3.05) is 6.54 Å². The van der Waals surface area contributed by atoms with Crippen molar-refractivity contribution in [2.24, 2.45) is 11.8 Å². The first-order valence-electron chi connectivity index (χ1n) is 6.09. The number of halogens is 1. The van der Waals surface area contributed by atoms with E-state index in [0.29, 0.717) is 11.3 Å². The van der Waals surface area contributed by atoms with Crippen LogP contribution in [-0.2, 0) is 4.79 Å². The summed E-state index contributed by atoms with van der Waals surface area (Å²) in [5.74, 6) is 1.02. The topological polar surface area (TPSA) is 29.1 Å². The highest BCUT2D eigenvalue weighted by atomic mass is 35.5. The second-order valence-corrected chi connectivity index (χ2v) is 5.15. The van der Waals surface area contributed by atoms with Crippen molar-refractivity contribution in [1.29, 1.82) is 0 Å². The highest BCUT2D eigenvalue weighted by molar-refractivity contribution is 6.20. The van der Waals surface area contributed by atoms with Crippen LogP contribution < -0.4 is 5.32 Å². The molecule has 0 aliphatic heterocycles. The van der Waals surface area contributed by atoms with E-state index >= 15 is 0 Å². The normalized spacial score (nSPS) is 25.9. The molecule has 1 aliphatic carbocycles. The molecule has 0 spiro atoms. The van der Waals surface area contributed by atoms with Crippen LogP contribution in [0.2, 0.25) is 0 Å². The number of hydrogen-bond acceptors (Lipinski definition) is 1. The lowest BCUT2D eigenvalue weighted by molar-refractivity contribution is -0.125. The molecule has 88 valence electrons. The number of carbonyl (C=O) groups is 1. The van der Waals surface area contributed by atoms with Crippen LogP contribution in [0.4, 0.5) is 0 Å². The maximum Gasteiger partial charge on any atom is 0.223 e. The molecule has 1 rings (SSSR count). The number of alkyl halides is 1. The van der Waals surface area contributed by atoms with Gasteiger partial charge >= 0.3 is 0 Å². The Hall–Kier alpha value is -0.240. The van der Waals surface area contributed by atoms with Crippen molar-refractivity contribution in [3.05, 3.63) is 0 Å². The fourth-order valence-corrected chi connectivity index (χ4v) is 2.63. The summed E-state index contributed by atoms with van der Waals surface area (Å²) in [4.78, 5) is 11.7. The van der Waals surface area contributed by atoms with E-state index in [1.165, 1.54) is 0 Å². The van der Waals surface area contributed by atoms with E-state index in [1.807, 2.05) is 0 Å². The Labute approximate surface area is 97.8 Å². The van der Waals surface area contributed by atoms with Gasteiger partial charge in [0.2, 0.25) is 5.91 Å². The van der Waals surface area contributed by atoms with Gasteiger partial charge in [0.15, 0.2) is 0 Å². The number of hydrogen-bond donors (Lipinski definition) is 1. The van der Waals surface area contributed by atoms with E-state index in [4.69, 9.17) is 11.6 Å². The Morgan fingerprint density at radius 1 is 1.40 bits per heavy atom. The van der Waals surface area contributed by atoms with Crippen molar-refractivity contribution in [1.82, 2.24) is 5.32 Å². The molecule has 0 radical (unpaired) electrons. The number of amides is 1. The molecule has 1 saturated carbocycles. The molecule has 1 fully saturated rings. The molecule has 3 heteroatoms. The van der Waals surface area contributed by atoms with Gasteiger partial charge in [0.05, 0.1) is 0 Å². The van der Waals surface area contributed by atoms with Crippen LogP contribution in [0.3, 0.4) is 0 Å². The minimum atomic E-state index is 0.193. The van der Waals surface area contributed by atoms with Gasteiger partial charge in [0, 0.05) is 17.8 Å². The van der Waals surface area contributed by atoms with Crippen molar-refractivity contribution in [3.63, 3.8) is 0 Å². The van der Waals surface area contributed by atoms with Gasteiger partial charge in [-0.15, -0.1) is 11.6 Å². The number of nitrogens with one attached hydrogen (secondary N) is 1. The first kappa shape index (κ1) is 12.8. The Morgan fingerprint density at radius 2 is 2.07 bits per heavy atom. The minimum absolute atomic E-state index is 0.193. The molecule has 1 aliphatic rings. The summed E-state index contributed by atoms with van der Waals surface area (Å²) in [6.07, 6.45) is 5.20. The molecule has 0 aromatic carbocycles. The molecule has 0 aromatic rings. The van der Waals surface area contributed by atoms with Crippen LogP contribution in [0.1, 0.15) is 46.0 Å². The molecule has 0 saturated heterocycles. The first-order chi connectivity index (χ1) is 7.17. The van der Waals surface area contributed by atoms with Crippen LogP contribution in [0.15, 0.2) is 0 Å². The minimum Gasteiger partial charge on any atom is -0.356 e. The van der Waals surface area contributed by atoms with Crippen molar-refractivity contribution >= 4 is 17.5 Å². The Balaban J connectivity index is 2.21. The van der Waals surface area contributed by atoms with E-state index in [-0.39, 0.29) is 11.8 Å². The van der Waals surface area contributed by atoms with Gasteiger partial charge in [-0.3, -0.25) is 4.79 Å².